The molecule has 3 aliphatic rings. The van der Waals surface area contributed by atoms with Crippen molar-refractivity contribution in [3.8, 4) is 11.3 Å². The number of hydrogen-bond acceptors (Lipinski definition) is 10. The van der Waals surface area contributed by atoms with E-state index < -0.39 is 42.0 Å². The summed E-state index contributed by atoms with van der Waals surface area (Å²) in [5, 5.41) is 13.2. The molecule has 13 nitrogen and oxygen atoms in total. The molecule has 2 aliphatic heterocycles. The fraction of sp³-hybridized carbons (Fsp3) is 0.423. The smallest absolute Gasteiger partial charge is 0.278 e. The molecule has 3 aromatic rings. The number of aliphatic hydroxyl groups excluding tert-OH is 1. The molecule has 2 fully saturated rings. The van der Waals surface area contributed by atoms with Gasteiger partial charge in [0.1, 0.15) is 17.6 Å². The van der Waals surface area contributed by atoms with Gasteiger partial charge in [0.2, 0.25) is 12.3 Å². The zero-order valence-electron chi connectivity index (χ0n) is 22.4. The molecule has 1 aliphatic carbocycles. The summed E-state index contributed by atoms with van der Waals surface area (Å²) < 4.78 is 28.4. The summed E-state index contributed by atoms with van der Waals surface area (Å²) in [5.41, 5.74) is 1.13. The third-order valence-electron chi connectivity index (χ3n) is 7.84. The van der Waals surface area contributed by atoms with Crippen molar-refractivity contribution < 1.29 is 28.3 Å². The Morgan fingerprint density at radius 3 is 2.56 bits per heavy atom. The number of anilines is 3. The van der Waals surface area contributed by atoms with Crippen molar-refractivity contribution >= 4 is 35.1 Å². The topological polar surface area (TPSA) is 150 Å². The largest absolute Gasteiger partial charge is 0.356 e. The van der Waals surface area contributed by atoms with Crippen LogP contribution in [-0.4, -0.2) is 91.1 Å². The Morgan fingerprint density at radius 1 is 1.17 bits per heavy atom. The number of alkyl halides is 2. The van der Waals surface area contributed by atoms with Crippen LogP contribution in [0.5, 0.6) is 0 Å². The molecule has 1 saturated carbocycles. The highest BCUT2D eigenvalue weighted by atomic mass is 19.3. The Balaban J connectivity index is 1.16. The molecular formula is C26H27F2N9O4. The predicted molar refractivity (Wildman–Crippen MR) is 141 cm³/mol. The number of hydrogen-bond donors (Lipinski definition) is 2. The molecule has 6 rings (SSSR count). The maximum atomic E-state index is 13.5. The highest BCUT2D eigenvalue weighted by Crippen LogP contribution is 2.59. The van der Waals surface area contributed by atoms with Crippen LogP contribution in [0.4, 0.5) is 26.2 Å². The quantitative estimate of drug-likeness (QED) is 0.429. The van der Waals surface area contributed by atoms with E-state index in [1.54, 1.807) is 25.3 Å². The van der Waals surface area contributed by atoms with Gasteiger partial charge in [0.05, 0.1) is 42.8 Å². The van der Waals surface area contributed by atoms with Crippen molar-refractivity contribution in [3.63, 3.8) is 0 Å². The van der Waals surface area contributed by atoms with Gasteiger partial charge in [0, 0.05) is 31.9 Å². The summed E-state index contributed by atoms with van der Waals surface area (Å²) in [6, 6.07) is 2.60. The van der Waals surface area contributed by atoms with Crippen LogP contribution in [-0.2, 0) is 9.59 Å². The van der Waals surface area contributed by atoms with Crippen LogP contribution in [0.15, 0.2) is 37.1 Å². The molecule has 3 unspecified atom stereocenters. The molecule has 1 saturated heterocycles. The number of pyridine rings is 1. The molecule has 4 atom stereocenters. The van der Waals surface area contributed by atoms with Gasteiger partial charge in [-0.3, -0.25) is 24.3 Å². The van der Waals surface area contributed by atoms with Crippen LogP contribution in [0.25, 0.3) is 11.3 Å². The van der Waals surface area contributed by atoms with Crippen LogP contribution in [0.2, 0.25) is 0 Å². The van der Waals surface area contributed by atoms with Crippen molar-refractivity contribution in [3.05, 3.63) is 42.7 Å². The number of rotatable bonds is 7. The summed E-state index contributed by atoms with van der Waals surface area (Å²) in [7, 11) is 1.53. The van der Waals surface area contributed by atoms with E-state index in [1.165, 1.54) is 42.2 Å². The van der Waals surface area contributed by atoms with Gasteiger partial charge >= 0.3 is 0 Å². The predicted octanol–water partition coefficient (Wildman–Crippen LogP) is 1.39. The normalized spacial score (nSPS) is 23.2. The van der Waals surface area contributed by atoms with Crippen molar-refractivity contribution in [1.29, 1.82) is 0 Å². The molecule has 0 spiro atoms. The minimum atomic E-state index is -2.56. The van der Waals surface area contributed by atoms with Crippen LogP contribution in [0, 0.1) is 11.8 Å². The first-order chi connectivity index (χ1) is 19.5. The van der Waals surface area contributed by atoms with Crippen molar-refractivity contribution in [1.82, 2.24) is 29.4 Å². The average Bonchev–Trinajstić information content (AvgIpc) is 3.38. The fourth-order valence-corrected chi connectivity index (χ4v) is 5.40. The summed E-state index contributed by atoms with van der Waals surface area (Å²) in [6.07, 6.45) is 4.42. The van der Waals surface area contributed by atoms with Gasteiger partial charge in [-0.1, -0.05) is 0 Å². The van der Waals surface area contributed by atoms with Crippen LogP contribution < -0.4 is 15.1 Å². The Hall–Kier alpha value is -4.53. The number of Topliss-reactive ketones (excluding diaryl/α,β-unsaturated/α-hetero) is 1. The van der Waals surface area contributed by atoms with E-state index in [-0.39, 0.29) is 42.7 Å². The van der Waals surface area contributed by atoms with Crippen LogP contribution in [0.1, 0.15) is 30.4 Å². The lowest BCUT2D eigenvalue weighted by Crippen LogP contribution is -2.55. The van der Waals surface area contributed by atoms with E-state index in [4.69, 9.17) is 0 Å². The molecule has 0 aromatic carbocycles. The lowest BCUT2D eigenvalue weighted by atomic mass is 10.2. The number of nitrogens with one attached hydrogen (secondary N) is 1. The van der Waals surface area contributed by atoms with Crippen LogP contribution in [0.3, 0.4) is 0 Å². The van der Waals surface area contributed by atoms with Crippen LogP contribution >= 0.6 is 0 Å². The molecule has 15 heteroatoms. The first-order valence-electron chi connectivity index (χ1n) is 13.0. The van der Waals surface area contributed by atoms with Gasteiger partial charge in [-0.05, 0) is 26.0 Å². The second-order valence-corrected chi connectivity index (χ2v) is 10.6. The number of piperidine rings is 1. The highest BCUT2D eigenvalue weighted by molar-refractivity contribution is 6.02. The molecule has 0 radical (unpaired) electrons. The maximum Gasteiger partial charge on any atom is 0.278 e. The number of fused-ring (bicyclic) bond motifs is 2. The molecule has 41 heavy (non-hydrogen) atoms. The van der Waals surface area contributed by atoms with E-state index in [9.17, 15) is 28.3 Å². The number of carbonyl (C=O) groups is 3. The molecule has 214 valence electrons. The third kappa shape index (κ3) is 4.45. The van der Waals surface area contributed by atoms with Gasteiger partial charge in [0.25, 0.3) is 11.8 Å². The van der Waals surface area contributed by atoms with Crippen molar-refractivity contribution in [2.75, 3.05) is 41.8 Å². The lowest BCUT2D eigenvalue weighted by Gasteiger charge is -2.38. The molecular weight excluding hydrogens is 540 g/mol. The van der Waals surface area contributed by atoms with Crippen molar-refractivity contribution in [2.24, 2.45) is 11.8 Å². The maximum absolute atomic E-state index is 13.5. The molecule has 5 heterocycles. The van der Waals surface area contributed by atoms with E-state index >= 15 is 0 Å². The fourth-order valence-electron chi connectivity index (χ4n) is 5.40. The summed E-state index contributed by atoms with van der Waals surface area (Å²) in [6.45, 7) is 3.13. The summed E-state index contributed by atoms with van der Waals surface area (Å²) in [4.78, 5) is 59.4. The number of halogens is 2. The molecule has 3 aromatic heterocycles. The number of nitrogens with zero attached hydrogens (tertiary/aromatic N) is 8. The minimum Gasteiger partial charge on any atom is -0.356 e. The SMILES string of the molecule is CC(=O)CN1C(=O)c2c(ncn2[C@@H](C)C(=O)Nc2cncc(-c3ccc(N4CC5C(C4)C5(F)F)nc3)n2)N(C)C1O. The van der Waals surface area contributed by atoms with Gasteiger partial charge in [-0.25, -0.2) is 23.7 Å². The second-order valence-electron chi connectivity index (χ2n) is 10.6. The average molecular weight is 568 g/mol. The first-order valence-corrected chi connectivity index (χ1v) is 13.0. The Kier molecular flexibility index (Phi) is 6.21. The lowest BCUT2D eigenvalue weighted by molar-refractivity contribution is -0.120. The first kappa shape index (κ1) is 26.7. The molecule has 2 N–H and O–H groups in total. The number of aliphatic hydroxyl groups is 1. The number of carbonyl (C=O) groups excluding carboxylic acids is 3. The van der Waals surface area contributed by atoms with E-state index in [2.05, 4.69) is 25.3 Å². The third-order valence-corrected chi connectivity index (χ3v) is 7.84. The Bertz CT molecular complexity index is 1530. The van der Waals surface area contributed by atoms with E-state index in [0.29, 0.717) is 17.1 Å². The van der Waals surface area contributed by atoms with Gasteiger partial charge in [0.15, 0.2) is 17.3 Å². The molecule has 0 bridgehead atoms. The highest BCUT2D eigenvalue weighted by Gasteiger charge is 2.71. The van der Waals surface area contributed by atoms with Gasteiger partial charge in [-0.2, -0.15) is 0 Å². The minimum absolute atomic E-state index is 0.0618. The second kappa shape index (κ2) is 9.54. The Morgan fingerprint density at radius 2 is 1.90 bits per heavy atom. The number of imidazole rings is 1. The number of aromatic nitrogens is 5. The standard InChI is InChI=1S/C26H27F2N9O4/c1-13(38)9-36-24(40)21-22(34(3)25(36)41)31-12-37(21)14(2)23(39)33-19-8-29-7-18(32-19)15-4-5-20(30-6-15)35-10-16-17(11-35)26(16,27)28/h4-8,12,14,16-17,25,41H,9-11H2,1-3H3,(H,32,33,39)/t14-,16?,17?,25?/m0/s1. The number of ketones is 1. The van der Waals surface area contributed by atoms with E-state index in [0.717, 1.165) is 4.90 Å². The van der Waals surface area contributed by atoms with Gasteiger partial charge in [-0.15, -0.1) is 0 Å². The van der Waals surface area contributed by atoms with Gasteiger partial charge < -0.3 is 24.8 Å². The zero-order chi connectivity index (χ0) is 29.2. The Labute approximate surface area is 232 Å². The van der Waals surface area contributed by atoms with E-state index in [1.807, 2.05) is 4.90 Å². The number of amides is 2. The summed E-state index contributed by atoms with van der Waals surface area (Å²) in [5.74, 6) is -4.26. The monoisotopic (exact) mass is 567 g/mol. The summed E-state index contributed by atoms with van der Waals surface area (Å²) >= 11 is 0. The molecule has 2 amide bonds. The zero-order valence-corrected chi connectivity index (χ0v) is 22.4. The van der Waals surface area contributed by atoms with Crippen molar-refractivity contribution in [2.45, 2.75) is 32.2 Å².